The quantitative estimate of drug-likeness (QED) is 0.909. The Morgan fingerprint density at radius 2 is 2.21 bits per heavy atom. The van der Waals surface area contributed by atoms with Crippen molar-refractivity contribution < 1.29 is 4.42 Å². The molecule has 0 fully saturated rings. The van der Waals surface area contributed by atoms with Crippen molar-refractivity contribution in [3.63, 3.8) is 0 Å². The smallest absolute Gasteiger partial charge is 0.135 e. The van der Waals surface area contributed by atoms with E-state index in [1.165, 1.54) is 0 Å². The van der Waals surface area contributed by atoms with Gasteiger partial charge in [-0.15, -0.1) is 0 Å². The van der Waals surface area contributed by atoms with Crippen LogP contribution in [0.2, 0.25) is 0 Å². The molecule has 3 heteroatoms. The molecule has 0 atom stereocenters. The van der Waals surface area contributed by atoms with Crippen LogP contribution in [-0.4, -0.2) is 6.54 Å². The van der Waals surface area contributed by atoms with E-state index in [2.05, 4.69) is 40.3 Å². The van der Waals surface area contributed by atoms with E-state index in [9.17, 15) is 0 Å². The summed E-state index contributed by atoms with van der Waals surface area (Å²) in [5.41, 5.74) is 0.937. The van der Waals surface area contributed by atoms with Gasteiger partial charge < -0.3 is 9.73 Å². The number of hydrogen-bond acceptors (Lipinski definition) is 2. The van der Waals surface area contributed by atoms with Crippen LogP contribution in [0.25, 0.3) is 11.0 Å². The summed E-state index contributed by atoms with van der Waals surface area (Å²) in [6.45, 7) is 3.84. The lowest BCUT2D eigenvalue weighted by molar-refractivity contribution is 0.520. The van der Waals surface area contributed by atoms with Crippen LogP contribution < -0.4 is 5.32 Å². The minimum atomic E-state index is 0.794. The molecule has 14 heavy (non-hydrogen) atoms. The molecule has 74 valence electrons. The van der Waals surface area contributed by atoms with Crippen molar-refractivity contribution in [2.24, 2.45) is 0 Å². The fraction of sp³-hybridized carbons (Fsp3) is 0.273. The molecule has 0 unspecified atom stereocenters. The molecule has 1 N–H and O–H groups in total. The molecule has 0 aliphatic heterocycles. The van der Waals surface area contributed by atoms with Crippen molar-refractivity contribution in [3.8, 4) is 0 Å². The maximum atomic E-state index is 5.66. The molecule has 0 radical (unpaired) electrons. The Morgan fingerprint density at radius 3 is 3.00 bits per heavy atom. The topological polar surface area (TPSA) is 25.2 Å². The van der Waals surface area contributed by atoms with Gasteiger partial charge in [0.2, 0.25) is 0 Å². The lowest BCUT2D eigenvalue weighted by atomic mass is 10.2. The van der Waals surface area contributed by atoms with E-state index in [0.29, 0.717) is 0 Å². The first-order valence-corrected chi connectivity index (χ1v) is 5.47. The molecular weight excluding hydrogens is 242 g/mol. The summed E-state index contributed by atoms with van der Waals surface area (Å²) >= 11 is 3.42. The third-order valence-electron chi connectivity index (χ3n) is 2.08. The third kappa shape index (κ3) is 1.99. The van der Waals surface area contributed by atoms with Gasteiger partial charge in [-0.25, -0.2) is 0 Å². The van der Waals surface area contributed by atoms with Crippen molar-refractivity contribution in [2.45, 2.75) is 13.5 Å². The van der Waals surface area contributed by atoms with Crippen LogP contribution in [-0.2, 0) is 6.54 Å². The van der Waals surface area contributed by atoms with Gasteiger partial charge in [-0.3, -0.25) is 0 Å². The second-order valence-corrected chi connectivity index (χ2v) is 4.09. The number of rotatable bonds is 3. The van der Waals surface area contributed by atoms with E-state index < -0.39 is 0 Å². The molecule has 0 saturated heterocycles. The second kappa shape index (κ2) is 4.15. The summed E-state index contributed by atoms with van der Waals surface area (Å²) in [6.07, 6.45) is 0. The molecule has 1 aromatic carbocycles. The zero-order valence-corrected chi connectivity index (χ0v) is 9.60. The van der Waals surface area contributed by atoms with E-state index in [4.69, 9.17) is 4.42 Å². The Labute approximate surface area is 91.4 Å². The number of nitrogens with one attached hydrogen (secondary N) is 1. The molecule has 0 aliphatic rings. The fourth-order valence-corrected chi connectivity index (χ4v) is 1.74. The van der Waals surface area contributed by atoms with Gasteiger partial charge in [0.05, 0.1) is 6.54 Å². The summed E-state index contributed by atoms with van der Waals surface area (Å²) in [5.74, 6) is 0.986. The van der Waals surface area contributed by atoms with Gasteiger partial charge in [-0.1, -0.05) is 22.9 Å². The molecule has 2 aromatic rings. The van der Waals surface area contributed by atoms with Crippen LogP contribution >= 0.6 is 15.9 Å². The largest absolute Gasteiger partial charge is 0.460 e. The van der Waals surface area contributed by atoms with Crippen molar-refractivity contribution >= 4 is 26.9 Å². The standard InChI is InChI=1S/C11H12BrNO/c1-2-13-7-10-5-8-3-4-9(12)6-11(8)14-10/h3-6,13H,2,7H2,1H3. The van der Waals surface area contributed by atoms with E-state index in [-0.39, 0.29) is 0 Å². The number of hydrogen-bond donors (Lipinski definition) is 1. The first kappa shape index (κ1) is 9.74. The number of benzene rings is 1. The highest BCUT2D eigenvalue weighted by Gasteiger charge is 2.02. The lowest BCUT2D eigenvalue weighted by Gasteiger charge is -1.94. The van der Waals surface area contributed by atoms with Crippen LogP contribution in [0, 0.1) is 0 Å². The summed E-state index contributed by atoms with van der Waals surface area (Å²) in [6, 6.07) is 8.14. The van der Waals surface area contributed by atoms with Crippen LogP contribution in [0.3, 0.4) is 0 Å². The van der Waals surface area contributed by atoms with Crippen molar-refractivity contribution in [1.82, 2.24) is 5.32 Å². The van der Waals surface area contributed by atoms with Crippen molar-refractivity contribution in [3.05, 3.63) is 34.5 Å². The molecule has 0 aliphatic carbocycles. The number of fused-ring (bicyclic) bond motifs is 1. The van der Waals surface area contributed by atoms with Gasteiger partial charge in [0.15, 0.2) is 0 Å². The summed E-state index contributed by atoms with van der Waals surface area (Å²) < 4.78 is 6.71. The summed E-state index contributed by atoms with van der Waals surface area (Å²) in [7, 11) is 0. The molecule has 0 bridgehead atoms. The maximum absolute atomic E-state index is 5.66. The van der Waals surface area contributed by atoms with E-state index in [1.54, 1.807) is 0 Å². The maximum Gasteiger partial charge on any atom is 0.135 e. The average molecular weight is 254 g/mol. The summed E-state index contributed by atoms with van der Waals surface area (Å²) in [5, 5.41) is 4.39. The normalized spacial score (nSPS) is 11.0. The van der Waals surface area contributed by atoms with Gasteiger partial charge >= 0.3 is 0 Å². The average Bonchev–Trinajstić information content (AvgIpc) is 2.56. The Morgan fingerprint density at radius 1 is 1.36 bits per heavy atom. The van der Waals surface area contributed by atoms with Crippen LogP contribution in [0.4, 0.5) is 0 Å². The van der Waals surface area contributed by atoms with Gasteiger partial charge in [-0.2, -0.15) is 0 Å². The molecule has 1 aromatic heterocycles. The predicted molar refractivity (Wildman–Crippen MR) is 61.3 cm³/mol. The minimum Gasteiger partial charge on any atom is -0.460 e. The molecule has 0 spiro atoms. The molecular formula is C11H12BrNO. The zero-order valence-electron chi connectivity index (χ0n) is 8.01. The molecule has 2 nitrogen and oxygen atoms in total. The zero-order chi connectivity index (χ0) is 9.97. The highest BCUT2D eigenvalue weighted by atomic mass is 79.9. The van der Waals surface area contributed by atoms with Crippen molar-refractivity contribution in [1.29, 1.82) is 0 Å². The van der Waals surface area contributed by atoms with Gasteiger partial charge in [0, 0.05) is 9.86 Å². The SMILES string of the molecule is CCNCc1cc2ccc(Br)cc2o1. The monoisotopic (exact) mass is 253 g/mol. The molecule has 2 rings (SSSR count). The van der Waals surface area contributed by atoms with Crippen LogP contribution in [0.15, 0.2) is 33.2 Å². The van der Waals surface area contributed by atoms with Crippen LogP contribution in [0.1, 0.15) is 12.7 Å². The summed E-state index contributed by atoms with van der Waals surface area (Å²) in [4.78, 5) is 0. The first-order chi connectivity index (χ1) is 6.79. The number of halogens is 1. The molecule has 0 saturated carbocycles. The number of furan rings is 1. The predicted octanol–water partition coefficient (Wildman–Crippen LogP) is 3.30. The lowest BCUT2D eigenvalue weighted by Crippen LogP contribution is -2.10. The first-order valence-electron chi connectivity index (χ1n) is 4.68. The minimum absolute atomic E-state index is 0.794. The van der Waals surface area contributed by atoms with Crippen LogP contribution in [0.5, 0.6) is 0 Å². The highest BCUT2D eigenvalue weighted by Crippen LogP contribution is 2.23. The molecule has 1 heterocycles. The third-order valence-corrected chi connectivity index (χ3v) is 2.58. The Hall–Kier alpha value is -0.800. The Bertz CT molecular complexity index is 436. The van der Waals surface area contributed by atoms with E-state index in [1.807, 2.05) is 12.1 Å². The Kier molecular flexibility index (Phi) is 2.89. The van der Waals surface area contributed by atoms with E-state index in [0.717, 1.165) is 34.3 Å². The van der Waals surface area contributed by atoms with Crippen molar-refractivity contribution in [2.75, 3.05) is 6.54 Å². The Balaban J connectivity index is 2.32. The second-order valence-electron chi connectivity index (χ2n) is 3.18. The highest BCUT2D eigenvalue weighted by molar-refractivity contribution is 9.10. The molecule has 0 amide bonds. The van der Waals surface area contributed by atoms with Gasteiger partial charge in [-0.05, 0) is 30.8 Å². The van der Waals surface area contributed by atoms with Gasteiger partial charge in [0.1, 0.15) is 11.3 Å². The van der Waals surface area contributed by atoms with E-state index >= 15 is 0 Å². The van der Waals surface area contributed by atoms with Gasteiger partial charge in [0.25, 0.3) is 0 Å². The fourth-order valence-electron chi connectivity index (χ4n) is 1.40.